The molecule has 2 aromatic heterocycles. The maximum Gasteiger partial charge on any atom is 1.00 e. The van der Waals surface area contributed by atoms with E-state index in [0.717, 1.165) is 0 Å². The number of fused-ring (bicyclic) bond motifs is 1. The summed E-state index contributed by atoms with van der Waals surface area (Å²) < 4.78 is 1.37. The number of benzene rings is 1. The van der Waals surface area contributed by atoms with Crippen molar-refractivity contribution in [3.63, 3.8) is 0 Å². The van der Waals surface area contributed by atoms with Gasteiger partial charge in [-0.2, -0.15) is 0 Å². The molecule has 0 saturated carbocycles. The molecule has 1 unspecified atom stereocenters. The number of carbonyl (C=O) groups excluding carboxylic acids is 1. The molecule has 2 heterocycles. The van der Waals surface area contributed by atoms with Crippen LogP contribution in [0.15, 0.2) is 48.2 Å². The molecule has 1 atom stereocenters. The van der Waals surface area contributed by atoms with Crippen LogP contribution in [-0.2, 0) is 10.4 Å². The zero-order chi connectivity index (χ0) is 18.9. The van der Waals surface area contributed by atoms with Crippen LogP contribution < -0.4 is 63.2 Å². The Kier molecular flexibility index (Phi) is 12.7. The summed E-state index contributed by atoms with van der Waals surface area (Å²) in [5.74, 6) is 0.0926. The molecule has 0 bridgehead atoms. The Bertz CT molecular complexity index is 725. The molecule has 7 heteroatoms. The van der Waals surface area contributed by atoms with Crippen molar-refractivity contribution >= 4 is 27.3 Å². The average molecular weight is 446 g/mol. The molecular formula is C19H26N3O2RbS. The summed E-state index contributed by atoms with van der Waals surface area (Å²) in [4.78, 5) is 19.3. The van der Waals surface area contributed by atoms with E-state index in [4.69, 9.17) is 0 Å². The molecule has 0 aliphatic carbocycles. The van der Waals surface area contributed by atoms with E-state index in [2.05, 4.69) is 45.7 Å². The van der Waals surface area contributed by atoms with Crippen molar-refractivity contribution < 1.29 is 68.1 Å². The van der Waals surface area contributed by atoms with Crippen molar-refractivity contribution in [2.24, 2.45) is 0 Å². The van der Waals surface area contributed by atoms with Gasteiger partial charge in [-0.15, -0.1) is 11.3 Å². The van der Waals surface area contributed by atoms with E-state index < -0.39 is 5.60 Å². The van der Waals surface area contributed by atoms with Gasteiger partial charge in [0.05, 0.1) is 5.60 Å². The summed E-state index contributed by atoms with van der Waals surface area (Å²) in [7, 11) is 3.45. The Morgan fingerprint density at radius 2 is 1.92 bits per heavy atom. The van der Waals surface area contributed by atoms with Gasteiger partial charge in [-0.25, -0.2) is 0 Å². The number of nitrogens with zero attached hydrogens (tertiary/aromatic N) is 3. The van der Waals surface area contributed by atoms with Gasteiger partial charge in [0, 0.05) is 25.7 Å². The first-order chi connectivity index (χ1) is 11.8. The minimum Gasteiger partial charge on any atom is -0.449 e. The molecule has 1 amide bonds. The molecule has 26 heavy (non-hydrogen) atoms. The number of hydrogen-bond donors (Lipinski definition) is 1. The van der Waals surface area contributed by atoms with Crippen molar-refractivity contribution in [2.75, 3.05) is 14.1 Å². The first-order valence-electron chi connectivity index (χ1n) is 8.03. The van der Waals surface area contributed by atoms with Crippen LogP contribution >= 0.6 is 11.3 Å². The molecule has 0 fully saturated rings. The van der Waals surface area contributed by atoms with Gasteiger partial charge in [-0.05, 0) is 41.9 Å². The van der Waals surface area contributed by atoms with Crippen LogP contribution in [0.5, 0.6) is 0 Å². The molecular weight excluding hydrogens is 420 g/mol. The van der Waals surface area contributed by atoms with Crippen LogP contribution in [0.1, 0.15) is 32.9 Å². The summed E-state index contributed by atoms with van der Waals surface area (Å²) in [6, 6.07) is 10.5. The van der Waals surface area contributed by atoms with Gasteiger partial charge in [0.1, 0.15) is 0 Å². The molecule has 3 aromatic rings. The maximum absolute atomic E-state index is 10.1. The van der Waals surface area contributed by atoms with E-state index in [9.17, 15) is 9.90 Å². The molecule has 5 nitrogen and oxygen atoms in total. The van der Waals surface area contributed by atoms with E-state index in [-0.39, 0.29) is 64.1 Å². The van der Waals surface area contributed by atoms with E-state index in [1.165, 1.54) is 28.2 Å². The third kappa shape index (κ3) is 9.02. The monoisotopic (exact) mass is 445 g/mol. The van der Waals surface area contributed by atoms with Gasteiger partial charge in [-0.3, -0.25) is 4.79 Å². The normalized spacial score (nSPS) is 11.8. The topological polar surface area (TPSA) is 67.5 Å². The van der Waals surface area contributed by atoms with Crippen molar-refractivity contribution in [3.8, 4) is 0 Å². The first-order valence-corrected chi connectivity index (χ1v) is 8.91. The Morgan fingerprint density at radius 3 is 2.38 bits per heavy atom. The molecule has 0 saturated heterocycles. The number of carbonyl (C=O) groups is 1. The molecule has 1 aromatic carbocycles. The third-order valence-corrected chi connectivity index (χ3v) is 4.59. The summed E-state index contributed by atoms with van der Waals surface area (Å²) in [5.41, 5.74) is -0.161. The van der Waals surface area contributed by atoms with Crippen LogP contribution in [0.2, 0.25) is 0 Å². The van der Waals surface area contributed by atoms with E-state index >= 15 is 0 Å². The second-order valence-electron chi connectivity index (χ2n) is 5.91. The summed E-state index contributed by atoms with van der Waals surface area (Å²) in [5, 5.41) is 13.0. The maximum atomic E-state index is 10.1. The standard InChI is InChI=1S/C8H6S.C7H11N2O.C4H9NO.Rb/c1-2-4-8-7(3-1)5-6-9-8;1-3-7(2,10)6-4-8-5-9-6;1-4(6)5(2)3;/h1-6H;4-5,10H,3H2,1-2H3;1-3H3;/q;-1;;+1. The summed E-state index contributed by atoms with van der Waals surface area (Å²) in [6.45, 7) is 5.17. The predicted octanol–water partition coefficient (Wildman–Crippen LogP) is 0.656. The number of thiophene rings is 1. The van der Waals surface area contributed by atoms with Gasteiger partial charge in [0.25, 0.3) is 0 Å². The zero-order valence-corrected chi connectivity index (χ0v) is 22.2. The minimum absolute atomic E-state index is 0. The fraction of sp³-hybridized carbons (Fsp3) is 0.368. The number of aliphatic hydroxyl groups is 1. The number of amides is 1. The SMILES string of the molecule is CC(=O)N(C)C.CCC(C)(O)c1c[n-]cn1.[Rb+].c1ccc2sccc2c1. The molecule has 0 radical (unpaired) electrons. The molecule has 1 N–H and O–H groups in total. The second-order valence-corrected chi connectivity index (χ2v) is 6.85. The average Bonchev–Trinajstić information content (AvgIpc) is 3.27. The molecule has 0 spiro atoms. The number of imidazole rings is 1. The van der Waals surface area contributed by atoms with Crippen molar-refractivity contribution in [1.82, 2.24) is 14.9 Å². The fourth-order valence-corrected chi connectivity index (χ4v) is 2.39. The quantitative estimate of drug-likeness (QED) is 0.629. The Labute approximate surface area is 208 Å². The van der Waals surface area contributed by atoms with Crippen LogP contribution in [-0.4, -0.2) is 35.0 Å². The van der Waals surface area contributed by atoms with E-state index in [1.54, 1.807) is 38.6 Å². The Morgan fingerprint density at radius 1 is 1.31 bits per heavy atom. The largest absolute Gasteiger partial charge is 1.00 e. The number of aromatic nitrogens is 2. The van der Waals surface area contributed by atoms with Gasteiger partial charge < -0.3 is 20.0 Å². The molecule has 136 valence electrons. The van der Waals surface area contributed by atoms with Crippen molar-refractivity contribution in [2.45, 2.75) is 32.8 Å². The van der Waals surface area contributed by atoms with Crippen LogP contribution in [0.4, 0.5) is 0 Å². The van der Waals surface area contributed by atoms with Gasteiger partial charge >= 0.3 is 58.2 Å². The zero-order valence-electron chi connectivity index (χ0n) is 16.4. The summed E-state index contributed by atoms with van der Waals surface area (Å²) >= 11 is 1.79. The summed E-state index contributed by atoms with van der Waals surface area (Å²) in [6.07, 6.45) is 3.69. The molecule has 3 rings (SSSR count). The number of rotatable bonds is 2. The van der Waals surface area contributed by atoms with Crippen LogP contribution in [0.25, 0.3) is 10.1 Å². The Hall–Kier alpha value is -0.375. The smallest absolute Gasteiger partial charge is 0.449 e. The second kappa shape index (κ2) is 12.9. The van der Waals surface area contributed by atoms with Crippen LogP contribution in [0.3, 0.4) is 0 Å². The first kappa shape index (κ1) is 25.6. The number of hydrogen-bond acceptors (Lipinski definition) is 4. The predicted molar refractivity (Wildman–Crippen MR) is 104 cm³/mol. The fourth-order valence-electron chi connectivity index (χ4n) is 1.60. The van der Waals surface area contributed by atoms with Gasteiger partial charge in [0.15, 0.2) is 0 Å². The Balaban J connectivity index is 0.000000366. The van der Waals surface area contributed by atoms with Crippen LogP contribution in [0, 0.1) is 0 Å². The van der Waals surface area contributed by atoms with Gasteiger partial charge in [0.2, 0.25) is 5.91 Å². The minimum atomic E-state index is -0.809. The van der Waals surface area contributed by atoms with Crippen molar-refractivity contribution in [1.29, 1.82) is 0 Å². The van der Waals surface area contributed by atoms with Gasteiger partial charge in [-0.1, -0.05) is 37.6 Å². The molecule has 0 aliphatic heterocycles. The van der Waals surface area contributed by atoms with E-state index in [1.807, 2.05) is 6.92 Å². The van der Waals surface area contributed by atoms with Crippen molar-refractivity contribution in [3.05, 3.63) is 53.9 Å². The third-order valence-electron chi connectivity index (χ3n) is 3.69. The molecule has 0 aliphatic rings. The van der Waals surface area contributed by atoms with E-state index in [0.29, 0.717) is 12.1 Å².